The molecule has 2 fully saturated rings. The molecule has 0 aliphatic heterocycles. The molecule has 0 radical (unpaired) electrons. The van der Waals surface area contributed by atoms with Gasteiger partial charge in [-0.15, -0.1) is 13.2 Å². The highest BCUT2D eigenvalue weighted by Gasteiger charge is 2.45. The highest BCUT2D eigenvalue weighted by Crippen LogP contribution is 2.45. The maximum Gasteiger partial charge on any atom is 0.573 e. The average molecular weight is 657 g/mol. The predicted octanol–water partition coefficient (Wildman–Crippen LogP) is 10.7. The number of hydrogen-bond acceptors (Lipinski definition) is 3. The summed E-state index contributed by atoms with van der Waals surface area (Å²) in [6.45, 7) is 2.07. The molecule has 45 heavy (non-hydrogen) atoms. The Morgan fingerprint density at radius 3 is 1.80 bits per heavy atom. The van der Waals surface area contributed by atoms with Gasteiger partial charge in [-0.3, -0.25) is 0 Å². The molecule has 2 aromatic carbocycles. The quantitative estimate of drug-likeness (QED) is 0.225. The molecule has 3 nitrogen and oxygen atoms in total. The van der Waals surface area contributed by atoms with E-state index in [4.69, 9.17) is 4.74 Å². The molecule has 2 aliphatic carbocycles. The van der Waals surface area contributed by atoms with E-state index in [0.29, 0.717) is 31.2 Å². The van der Waals surface area contributed by atoms with Gasteiger partial charge in [0.15, 0.2) is 11.6 Å². The highest BCUT2D eigenvalue weighted by molar-refractivity contribution is 5.35. The van der Waals surface area contributed by atoms with Gasteiger partial charge in [0, 0.05) is 29.5 Å². The fourth-order valence-corrected chi connectivity index (χ4v) is 5.96. The van der Waals surface area contributed by atoms with Crippen molar-refractivity contribution in [3.05, 3.63) is 70.6 Å². The minimum atomic E-state index is -5.41. The van der Waals surface area contributed by atoms with Crippen LogP contribution in [0.4, 0.5) is 43.9 Å². The molecular formula is C32H34F10O3. The number of halogens is 10. The summed E-state index contributed by atoms with van der Waals surface area (Å²) in [5.41, 5.74) is 1.33. The first kappa shape index (κ1) is 34.9. The molecule has 2 aromatic rings. The largest absolute Gasteiger partial charge is 0.573 e. The molecule has 0 amide bonds. The molecule has 0 spiro atoms. The summed E-state index contributed by atoms with van der Waals surface area (Å²) in [6.07, 6.45) is -7.32. The van der Waals surface area contributed by atoms with Gasteiger partial charge in [-0.1, -0.05) is 25.5 Å². The molecule has 0 aromatic heterocycles. The second-order valence-electron chi connectivity index (χ2n) is 11.6. The van der Waals surface area contributed by atoms with Gasteiger partial charge in [-0.05, 0) is 69.4 Å². The number of rotatable bonds is 11. The molecule has 2 saturated carbocycles. The summed E-state index contributed by atoms with van der Waals surface area (Å²) >= 11 is 0. The Bertz CT molecular complexity index is 1300. The summed E-state index contributed by atoms with van der Waals surface area (Å²) in [5.74, 6) is -12.0. The van der Waals surface area contributed by atoms with Gasteiger partial charge in [-0.2, -0.15) is 8.78 Å². The number of aryl methyl sites for hydroxylation is 1. The van der Waals surface area contributed by atoms with Crippen LogP contribution in [0.15, 0.2) is 42.0 Å². The zero-order valence-electron chi connectivity index (χ0n) is 24.5. The monoisotopic (exact) mass is 656 g/mol. The van der Waals surface area contributed by atoms with Gasteiger partial charge in [0.05, 0.1) is 18.6 Å². The van der Waals surface area contributed by atoms with Gasteiger partial charge in [0.2, 0.25) is 5.75 Å². The lowest BCUT2D eigenvalue weighted by molar-refractivity contribution is -0.276. The summed E-state index contributed by atoms with van der Waals surface area (Å²) in [4.78, 5) is 0. The topological polar surface area (TPSA) is 27.7 Å². The lowest BCUT2D eigenvalue weighted by Crippen LogP contribution is -2.37. The van der Waals surface area contributed by atoms with Crippen molar-refractivity contribution in [1.82, 2.24) is 0 Å². The second kappa shape index (κ2) is 14.6. The summed E-state index contributed by atoms with van der Waals surface area (Å²) in [7, 11) is 0. The SMILES string of the molecule is CCCc1ccc(COC2CCC(/C(F)=C(\F)C3CCC(C(F)(F)Oc4cc(F)c(OC(F)(F)F)c(F)c4)CC3)CC2)c(F)c1. The Labute approximate surface area is 254 Å². The number of ether oxygens (including phenoxy) is 3. The molecule has 2 aliphatic rings. The highest BCUT2D eigenvalue weighted by atomic mass is 19.4. The van der Waals surface area contributed by atoms with E-state index in [1.54, 1.807) is 6.07 Å². The Hall–Kier alpha value is -2.96. The van der Waals surface area contributed by atoms with Crippen molar-refractivity contribution in [3.63, 3.8) is 0 Å². The van der Waals surface area contributed by atoms with Crippen LogP contribution in [0, 0.1) is 35.2 Å². The molecule has 250 valence electrons. The molecule has 0 bridgehead atoms. The van der Waals surface area contributed by atoms with Crippen molar-refractivity contribution in [2.24, 2.45) is 17.8 Å². The smallest absolute Gasteiger partial charge is 0.432 e. The minimum absolute atomic E-state index is 0.0690. The van der Waals surface area contributed by atoms with E-state index in [1.807, 2.05) is 13.0 Å². The fourth-order valence-electron chi connectivity index (χ4n) is 5.96. The van der Waals surface area contributed by atoms with E-state index in [0.717, 1.165) is 18.4 Å². The first-order valence-electron chi connectivity index (χ1n) is 14.9. The molecular weight excluding hydrogens is 622 g/mol. The maximum atomic E-state index is 15.1. The standard InChI is InChI=1S/C32H34F10O3/c1-2-3-18-4-5-21(25(33)14-18)17-43-23-12-8-20(9-13-23)29(37)28(36)19-6-10-22(11-7-19)31(38,39)44-24-15-26(34)30(27(35)16-24)45-32(40,41)42/h4-5,14-16,19-20,22-23H,2-3,6-13,17H2,1H3/b29-28+. The number of alkyl halides is 5. The van der Waals surface area contributed by atoms with Gasteiger partial charge in [-0.25, -0.2) is 22.0 Å². The van der Waals surface area contributed by atoms with Crippen LogP contribution < -0.4 is 9.47 Å². The normalized spacial score (nSPS) is 23.4. The Morgan fingerprint density at radius 1 is 0.733 bits per heavy atom. The van der Waals surface area contributed by atoms with E-state index in [9.17, 15) is 35.1 Å². The molecule has 0 N–H and O–H groups in total. The Balaban J connectivity index is 1.26. The fraction of sp³-hybridized carbons (Fsp3) is 0.562. The maximum absolute atomic E-state index is 15.1. The van der Waals surface area contributed by atoms with Gasteiger partial charge in [0.1, 0.15) is 23.2 Å². The van der Waals surface area contributed by atoms with Crippen LogP contribution in [0.3, 0.4) is 0 Å². The van der Waals surface area contributed by atoms with E-state index in [-0.39, 0.29) is 56.3 Å². The van der Waals surface area contributed by atoms with Crippen molar-refractivity contribution in [1.29, 1.82) is 0 Å². The third kappa shape index (κ3) is 9.29. The molecule has 0 unspecified atom stereocenters. The second-order valence-corrected chi connectivity index (χ2v) is 11.6. The molecule has 0 saturated heterocycles. The zero-order chi connectivity index (χ0) is 32.9. The van der Waals surface area contributed by atoms with Crippen molar-refractivity contribution in [3.8, 4) is 11.5 Å². The first-order chi connectivity index (χ1) is 21.2. The summed E-state index contributed by atoms with van der Waals surface area (Å²) in [6, 6.07) is 5.32. The van der Waals surface area contributed by atoms with Crippen molar-refractivity contribution < 1.29 is 58.1 Å². The van der Waals surface area contributed by atoms with Crippen LogP contribution in [-0.4, -0.2) is 18.6 Å². The predicted molar refractivity (Wildman–Crippen MR) is 144 cm³/mol. The Morgan fingerprint density at radius 2 is 1.29 bits per heavy atom. The molecule has 13 heteroatoms. The van der Waals surface area contributed by atoms with Gasteiger partial charge in [0.25, 0.3) is 0 Å². The molecule has 0 heterocycles. The lowest BCUT2D eigenvalue weighted by atomic mass is 9.79. The van der Waals surface area contributed by atoms with Crippen molar-refractivity contribution in [2.75, 3.05) is 0 Å². The number of benzene rings is 2. The van der Waals surface area contributed by atoms with Gasteiger partial charge < -0.3 is 14.2 Å². The average Bonchev–Trinajstić information content (AvgIpc) is 2.98. The van der Waals surface area contributed by atoms with E-state index >= 15 is 8.78 Å². The van der Waals surface area contributed by atoms with E-state index in [2.05, 4.69) is 9.47 Å². The van der Waals surface area contributed by atoms with Crippen molar-refractivity contribution >= 4 is 0 Å². The first-order valence-corrected chi connectivity index (χ1v) is 14.9. The Kier molecular flexibility index (Phi) is 11.4. The summed E-state index contributed by atoms with van der Waals surface area (Å²) in [5, 5.41) is 0. The van der Waals surface area contributed by atoms with Crippen LogP contribution in [-0.2, 0) is 17.8 Å². The van der Waals surface area contributed by atoms with Crippen LogP contribution in [0.1, 0.15) is 75.8 Å². The van der Waals surface area contributed by atoms with Crippen LogP contribution in [0.5, 0.6) is 11.5 Å². The molecule has 0 atom stereocenters. The minimum Gasteiger partial charge on any atom is -0.432 e. The lowest BCUT2D eigenvalue weighted by Gasteiger charge is -2.33. The van der Waals surface area contributed by atoms with Crippen LogP contribution in [0.2, 0.25) is 0 Å². The van der Waals surface area contributed by atoms with Crippen molar-refractivity contribution in [2.45, 2.75) is 96.3 Å². The van der Waals surface area contributed by atoms with Crippen LogP contribution in [0.25, 0.3) is 0 Å². The van der Waals surface area contributed by atoms with E-state index < -0.39 is 65.0 Å². The zero-order valence-corrected chi connectivity index (χ0v) is 24.5. The number of allylic oxidation sites excluding steroid dienone is 2. The third-order valence-electron chi connectivity index (χ3n) is 8.40. The number of hydrogen-bond donors (Lipinski definition) is 0. The summed E-state index contributed by atoms with van der Waals surface area (Å²) < 4.78 is 152. The van der Waals surface area contributed by atoms with Gasteiger partial charge >= 0.3 is 12.5 Å². The molecule has 4 rings (SSSR count). The third-order valence-corrected chi connectivity index (χ3v) is 8.40. The van der Waals surface area contributed by atoms with Crippen LogP contribution >= 0.6 is 0 Å². The van der Waals surface area contributed by atoms with E-state index in [1.165, 1.54) is 6.07 Å².